The van der Waals surface area contributed by atoms with E-state index < -0.39 is 23.1 Å². The molecule has 1 fully saturated rings. The molecule has 0 radical (unpaired) electrons. The maximum Gasteiger partial charge on any atom is 0.410 e. The predicted molar refractivity (Wildman–Crippen MR) is 85.9 cm³/mol. The summed E-state index contributed by atoms with van der Waals surface area (Å²) in [5.41, 5.74) is -2.20. The quantitative estimate of drug-likeness (QED) is 0.434. The fourth-order valence-corrected chi connectivity index (χ4v) is 2.49. The van der Waals surface area contributed by atoms with Crippen LogP contribution in [0.4, 0.5) is 4.79 Å². The standard InChI is InChI=1S/C17H24N2O5/c1-5-11-23-14(21)17(8-6-9-18)12-19(10-7-13(17)20)15(22)24-16(2,3)4/h5H,1,6-8,10-12H2,2-4H3. The van der Waals surface area contributed by atoms with Gasteiger partial charge in [0, 0.05) is 25.9 Å². The minimum absolute atomic E-state index is 0.0110. The summed E-state index contributed by atoms with van der Waals surface area (Å²) >= 11 is 0. The van der Waals surface area contributed by atoms with Crippen LogP contribution in [0.15, 0.2) is 12.7 Å². The largest absolute Gasteiger partial charge is 0.461 e. The highest BCUT2D eigenvalue weighted by Crippen LogP contribution is 2.34. The van der Waals surface area contributed by atoms with E-state index in [0.29, 0.717) is 0 Å². The zero-order valence-electron chi connectivity index (χ0n) is 14.5. The number of likely N-dealkylation sites (tertiary alicyclic amines) is 1. The summed E-state index contributed by atoms with van der Waals surface area (Å²) < 4.78 is 10.4. The third kappa shape index (κ3) is 4.82. The van der Waals surface area contributed by atoms with Crippen molar-refractivity contribution in [2.45, 2.75) is 45.6 Å². The first-order valence-electron chi connectivity index (χ1n) is 7.82. The van der Waals surface area contributed by atoms with E-state index in [1.54, 1.807) is 20.8 Å². The number of esters is 1. The molecule has 1 saturated heterocycles. The molecule has 1 rings (SSSR count). The molecule has 0 spiro atoms. The predicted octanol–water partition coefficient (Wildman–Crippen LogP) is 2.22. The van der Waals surface area contributed by atoms with Gasteiger partial charge in [0.1, 0.15) is 17.6 Å². The SMILES string of the molecule is C=CCOC(=O)C1(CCC#N)CN(C(=O)OC(C)(C)C)CCC1=O. The highest BCUT2D eigenvalue weighted by atomic mass is 16.6. The van der Waals surface area contributed by atoms with Crippen molar-refractivity contribution >= 4 is 17.8 Å². The molecule has 1 atom stereocenters. The average Bonchev–Trinajstić information content (AvgIpc) is 2.50. The molecule has 1 aliphatic heterocycles. The van der Waals surface area contributed by atoms with E-state index in [4.69, 9.17) is 14.7 Å². The maximum atomic E-state index is 12.5. The van der Waals surface area contributed by atoms with Crippen molar-refractivity contribution in [2.24, 2.45) is 5.41 Å². The number of nitriles is 1. The van der Waals surface area contributed by atoms with Crippen LogP contribution in [0.25, 0.3) is 0 Å². The van der Waals surface area contributed by atoms with Crippen LogP contribution in [0, 0.1) is 16.7 Å². The van der Waals surface area contributed by atoms with Crippen molar-refractivity contribution in [1.82, 2.24) is 4.90 Å². The summed E-state index contributed by atoms with van der Waals surface area (Å²) in [5.74, 6) is -1.04. The molecule has 132 valence electrons. The number of hydrogen-bond donors (Lipinski definition) is 0. The minimum atomic E-state index is -1.52. The normalized spacial score (nSPS) is 20.9. The molecule has 0 aliphatic carbocycles. The molecule has 0 bridgehead atoms. The van der Waals surface area contributed by atoms with Gasteiger partial charge in [-0.15, -0.1) is 0 Å². The number of ether oxygens (including phenoxy) is 2. The average molecular weight is 336 g/mol. The molecule has 7 heteroatoms. The van der Waals surface area contributed by atoms with Crippen molar-refractivity contribution in [2.75, 3.05) is 19.7 Å². The van der Waals surface area contributed by atoms with E-state index in [-0.39, 0.29) is 44.7 Å². The van der Waals surface area contributed by atoms with E-state index in [0.717, 1.165) is 0 Å². The van der Waals surface area contributed by atoms with Crippen LogP contribution < -0.4 is 0 Å². The summed E-state index contributed by atoms with van der Waals surface area (Å²) in [6.07, 6.45) is 0.852. The number of ketones is 1. The lowest BCUT2D eigenvalue weighted by molar-refractivity contribution is -0.163. The van der Waals surface area contributed by atoms with Gasteiger partial charge >= 0.3 is 12.1 Å². The van der Waals surface area contributed by atoms with Crippen LogP contribution in [-0.2, 0) is 19.1 Å². The highest BCUT2D eigenvalue weighted by molar-refractivity contribution is 6.05. The second-order valence-corrected chi connectivity index (χ2v) is 6.70. The molecule has 0 saturated carbocycles. The number of hydrogen-bond acceptors (Lipinski definition) is 6. The Kier molecular flexibility index (Phi) is 6.52. The van der Waals surface area contributed by atoms with E-state index in [1.165, 1.54) is 11.0 Å². The fourth-order valence-electron chi connectivity index (χ4n) is 2.49. The Balaban J connectivity index is 3.03. The summed E-state index contributed by atoms with van der Waals surface area (Å²) in [4.78, 5) is 38.5. The number of nitrogens with zero attached hydrogens (tertiary/aromatic N) is 2. The first-order chi connectivity index (χ1) is 11.2. The Bertz CT molecular complexity index is 558. The Labute approximate surface area is 142 Å². The van der Waals surface area contributed by atoms with E-state index >= 15 is 0 Å². The van der Waals surface area contributed by atoms with Crippen molar-refractivity contribution in [3.8, 4) is 6.07 Å². The second-order valence-electron chi connectivity index (χ2n) is 6.70. The lowest BCUT2D eigenvalue weighted by Gasteiger charge is -2.39. The summed E-state index contributed by atoms with van der Waals surface area (Å²) in [5, 5.41) is 8.85. The molecule has 7 nitrogen and oxygen atoms in total. The van der Waals surface area contributed by atoms with Crippen LogP contribution in [0.1, 0.15) is 40.0 Å². The second kappa shape index (κ2) is 7.95. The van der Waals surface area contributed by atoms with Gasteiger partial charge in [-0.2, -0.15) is 5.26 Å². The lowest BCUT2D eigenvalue weighted by atomic mass is 9.75. The van der Waals surface area contributed by atoms with Crippen LogP contribution in [0.2, 0.25) is 0 Å². The van der Waals surface area contributed by atoms with Gasteiger partial charge in [0.25, 0.3) is 0 Å². The van der Waals surface area contributed by atoms with Gasteiger partial charge in [0.15, 0.2) is 5.78 Å². The molecule has 1 aliphatic rings. The molecule has 24 heavy (non-hydrogen) atoms. The number of carbonyl (C=O) groups excluding carboxylic acids is 3. The van der Waals surface area contributed by atoms with Crippen molar-refractivity contribution < 1.29 is 23.9 Å². The van der Waals surface area contributed by atoms with E-state index in [1.807, 2.05) is 6.07 Å². The van der Waals surface area contributed by atoms with Gasteiger partial charge in [-0.25, -0.2) is 4.79 Å². The van der Waals surface area contributed by atoms with Gasteiger partial charge in [-0.3, -0.25) is 9.59 Å². The molecule has 1 amide bonds. The number of amides is 1. The Morgan fingerprint density at radius 2 is 2.12 bits per heavy atom. The van der Waals surface area contributed by atoms with Gasteiger partial charge in [0.2, 0.25) is 0 Å². The molecule has 0 aromatic rings. The number of piperidine rings is 1. The fraction of sp³-hybridized carbons (Fsp3) is 0.647. The Morgan fingerprint density at radius 3 is 2.67 bits per heavy atom. The Hall–Kier alpha value is -2.36. The van der Waals surface area contributed by atoms with Crippen molar-refractivity contribution in [3.05, 3.63) is 12.7 Å². The van der Waals surface area contributed by atoms with Gasteiger partial charge < -0.3 is 14.4 Å². The van der Waals surface area contributed by atoms with Crippen LogP contribution >= 0.6 is 0 Å². The number of Topliss-reactive ketones (excluding diaryl/α,β-unsaturated/α-hetero) is 1. The molecule has 0 aromatic heterocycles. The smallest absolute Gasteiger partial charge is 0.410 e. The first-order valence-corrected chi connectivity index (χ1v) is 7.82. The molecule has 1 unspecified atom stereocenters. The van der Waals surface area contributed by atoms with E-state index in [2.05, 4.69) is 6.58 Å². The van der Waals surface area contributed by atoms with E-state index in [9.17, 15) is 14.4 Å². The van der Waals surface area contributed by atoms with Crippen molar-refractivity contribution in [1.29, 1.82) is 5.26 Å². The van der Waals surface area contributed by atoms with Gasteiger partial charge in [-0.05, 0) is 27.2 Å². The molecular formula is C17H24N2O5. The lowest BCUT2D eigenvalue weighted by Crippen LogP contribution is -2.56. The number of rotatable bonds is 5. The zero-order valence-corrected chi connectivity index (χ0v) is 14.5. The van der Waals surface area contributed by atoms with Gasteiger partial charge in [0.05, 0.1) is 6.07 Å². The van der Waals surface area contributed by atoms with Crippen LogP contribution in [0.5, 0.6) is 0 Å². The summed E-state index contributed by atoms with van der Waals surface area (Å²) in [6.45, 7) is 8.68. The molecule has 1 heterocycles. The molecular weight excluding hydrogens is 312 g/mol. The topological polar surface area (TPSA) is 96.7 Å². The summed E-state index contributed by atoms with van der Waals surface area (Å²) in [6, 6.07) is 1.94. The summed E-state index contributed by atoms with van der Waals surface area (Å²) in [7, 11) is 0. The third-order valence-corrected chi connectivity index (χ3v) is 3.64. The third-order valence-electron chi connectivity index (χ3n) is 3.64. The Morgan fingerprint density at radius 1 is 1.46 bits per heavy atom. The monoisotopic (exact) mass is 336 g/mol. The first kappa shape index (κ1) is 19.7. The molecule has 0 N–H and O–H groups in total. The van der Waals surface area contributed by atoms with Crippen molar-refractivity contribution in [3.63, 3.8) is 0 Å². The minimum Gasteiger partial charge on any atom is -0.461 e. The molecule has 0 aromatic carbocycles. The zero-order chi connectivity index (χ0) is 18.4. The number of carbonyl (C=O) groups is 3. The maximum absolute atomic E-state index is 12.5. The highest BCUT2D eigenvalue weighted by Gasteiger charge is 2.51. The van der Waals surface area contributed by atoms with Gasteiger partial charge in [-0.1, -0.05) is 12.7 Å². The van der Waals surface area contributed by atoms with Crippen LogP contribution in [0.3, 0.4) is 0 Å². The van der Waals surface area contributed by atoms with Crippen LogP contribution in [-0.4, -0.2) is 48.0 Å².